The van der Waals surface area contributed by atoms with Crippen molar-refractivity contribution >= 4 is 23.0 Å². The van der Waals surface area contributed by atoms with E-state index in [1.54, 1.807) is 19.0 Å². The smallest absolute Gasteiger partial charge is 0.393 e. The summed E-state index contributed by atoms with van der Waals surface area (Å²) in [6.45, 7) is 0. The van der Waals surface area contributed by atoms with Crippen LogP contribution in [0.3, 0.4) is 0 Å². The highest BCUT2D eigenvalue weighted by molar-refractivity contribution is 5.78. The van der Waals surface area contributed by atoms with Gasteiger partial charge in [0.15, 0.2) is 11.6 Å². The van der Waals surface area contributed by atoms with Gasteiger partial charge in [0.1, 0.15) is 12.0 Å². The number of nitrogen functional groups attached to an aromatic ring is 1. The minimum Gasteiger partial charge on any atom is -0.393 e. The first kappa shape index (κ1) is 14.9. The molecule has 3 N–H and O–H groups in total. The summed E-state index contributed by atoms with van der Waals surface area (Å²) in [4.78, 5) is 9.53. The fourth-order valence-electron chi connectivity index (χ4n) is 1.81. The lowest BCUT2D eigenvalue weighted by Crippen LogP contribution is -2.15. The van der Waals surface area contributed by atoms with E-state index < -0.39 is 11.7 Å². The maximum absolute atomic E-state index is 12.9. The SMILES string of the molecule is CN(C)c1ncnc(Nc2ccccc2C(F)(F)F)c1N. The van der Waals surface area contributed by atoms with Crippen LogP contribution in [0.5, 0.6) is 0 Å². The molecule has 0 aliphatic heterocycles. The van der Waals surface area contributed by atoms with Gasteiger partial charge in [-0.15, -0.1) is 0 Å². The van der Waals surface area contributed by atoms with E-state index in [9.17, 15) is 13.2 Å². The molecule has 8 heteroatoms. The fourth-order valence-corrected chi connectivity index (χ4v) is 1.81. The van der Waals surface area contributed by atoms with Crippen LogP contribution in [0.25, 0.3) is 0 Å². The molecule has 0 saturated carbocycles. The zero-order chi connectivity index (χ0) is 15.6. The molecule has 21 heavy (non-hydrogen) atoms. The van der Waals surface area contributed by atoms with E-state index in [0.717, 1.165) is 6.07 Å². The molecule has 0 fully saturated rings. The van der Waals surface area contributed by atoms with Gasteiger partial charge in [-0.05, 0) is 12.1 Å². The summed E-state index contributed by atoms with van der Waals surface area (Å²) >= 11 is 0. The Morgan fingerprint density at radius 1 is 1.14 bits per heavy atom. The van der Waals surface area contributed by atoms with Crippen LogP contribution in [0.4, 0.5) is 36.2 Å². The molecule has 5 nitrogen and oxygen atoms in total. The molecule has 0 bridgehead atoms. The molecule has 0 amide bonds. The normalized spacial score (nSPS) is 11.3. The number of aromatic nitrogens is 2. The van der Waals surface area contributed by atoms with Crippen LogP contribution >= 0.6 is 0 Å². The van der Waals surface area contributed by atoms with Crippen molar-refractivity contribution in [2.24, 2.45) is 0 Å². The van der Waals surface area contributed by atoms with E-state index in [2.05, 4.69) is 15.3 Å². The van der Waals surface area contributed by atoms with Crippen LogP contribution in [0, 0.1) is 0 Å². The van der Waals surface area contributed by atoms with Gasteiger partial charge in [0, 0.05) is 14.1 Å². The largest absolute Gasteiger partial charge is 0.418 e. The lowest BCUT2D eigenvalue weighted by Gasteiger charge is -2.18. The number of anilines is 4. The van der Waals surface area contributed by atoms with Crippen molar-refractivity contribution in [2.75, 3.05) is 30.0 Å². The summed E-state index contributed by atoms with van der Waals surface area (Å²) in [6.07, 6.45) is -3.22. The van der Waals surface area contributed by atoms with Crippen LogP contribution < -0.4 is 16.0 Å². The van der Waals surface area contributed by atoms with Gasteiger partial charge in [-0.25, -0.2) is 9.97 Å². The molecular weight excluding hydrogens is 283 g/mol. The second-order valence-corrected chi connectivity index (χ2v) is 4.52. The van der Waals surface area contributed by atoms with Gasteiger partial charge in [0.25, 0.3) is 0 Å². The van der Waals surface area contributed by atoms with Gasteiger partial charge in [-0.3, -0.25) is 0 Å². The second kappa shape index (κ2) is 5.47. The van der Waals surface area contributed by atoms with Crippen LogP contribution in [0.15, 0.2) is 30.6 Å². The van der Waals surface area contributed by atoms with Gasteiger partial charge in [-0.2, -0.15) is 13.2 Å². The van der Waals surface area contributed by atoms with Crippen LogP contribution in [0.2, 0.25) is 0 Å². The standard InChI is InChI=1S/C13H14F3N5/c1-21(2)12-10(17)11(18-7-19-12)20-9-6-4-3-5-8(9)13(14,15)16/h3-7H,17H2,1-2H3,(H,18,19,20). The summed E-state index contributed by atoms with van der Waals surface area (Å²) in [5, 5.41) is 2.62. The van der Waals surface area contributed by atoms with E-state index in [0.29, 0.717) is 5.82 Å². The first-order valence-corrected chi connectivity index (χ1v) is 6.01. The van der Waals surface area contributed by atoms with Crippen LogP contribution in [0.1, 0.15) is 5.56 Å². The van der Waals surface area contributed by atoms with Crippen molar-refractivity contribution in [3.63, 3.8) is 0 Å². The fraction of sp³-hybridized carbons (Fsp3) is 0.231. The highest BCUT2D eigenvalue weighted by Gasteiger charge is 2.33. The van der Waals surface area contributed by atoms with Crippen molar-refractivity contribution in [2.45, 2.75) is 6.18 Å². The molecule has 2 rings (SSSR count). The summed E-state index contributed by atoms with van der Waals surface area (Å²) < 4.78 is 38.8. The summed E-state index contributed by atoms with van der Waals surface area (Å²) in [5.41, 5.74) is 5.17. The van der Waals surface area contributed by atoms with E-state index in [-0.39, 0.29) is 17.2 Å². The monoisotopic (exact) mass is 297 g/mol. The van der Waals surface area contributed by atoms with Gasteiger partial charge >= 0.3 is 6.18 Å². The third kappa shape index (κ3) is 3.15. The molecule has 0 atom stereocenters. The zero-order valence-electron chi connectivity index (χ0n) is 11.4. The molecule has 112 valence electrons. The first-order chi connectivity index (χ1) is 9.80. The highest BCUT2D eigenvalue weighted by atomic mass is 19.4. The summed E-state index contributed by atoms with van der Waals surface area (Å²) in [5.74, 6) is 0.558. The summed E-state index contributed by atoms with van der Waals surface area (Å²) in [7, 11) is 3.46. The number of rotatable bonds is 3. The predicted octanol–water partition coefficient (Wildman–Crippen LogP) is 2.89. The molecule has 0 aliphatic carbocycles. The zero-order valence-corrected chi connectivity index (χ0v) is 11.4. The summed E-state index contributed by atoms with van der Waals surface area (Å²) in [6, 6.07) is 5.14. The number of halogens is 3. The van der Waals surface area contributed by atoms with E-state index in [4.69, 9.17) is 5.73 Å². The molecular formula is C13H14F3N5. The lowest BCUT2D eigenvalue weighted by molar-refractivity contribution is -0.136. The Morgan fingerprint density at radius 2 is 1.81 bits per heavy atom. The molecule has 2 aromatic rings. The number of benzene rings is 1. The highest BCUT2D eigenvalue weighted by Crippen LogP contribution is 2.37. The van der Waals surface area contributed by atoms with Gasteiger partial charge in [0.05, 0.1) is 11.3 Å². The Morgan fingerprint density at radius 3 is 2.43 bits per heavy atom. The average Bonchev–Trinajstić information content (AvgIpc) is 2.40. The minimum absolute atomic E-state index is 0.111. The molecule has 1 aromatic carbocycles. The molecule has 0 radical (unpaired) electrons. The Balaban J connectivity index is 2.42. The van der Waals surface area contributed by atoms with Gasteiger partial charge in [0.2, 0.25) is 0 Å². The van der Waals surface area contributed by atoms with Crippen LogP contribution in [-0.2, 0) is 6.18 Å². The maximum Gasteiger partial charge on any atom is 0.418 e. The van der Waals surface area contributed by atoms with Crippen molar-refractivity contribution in [1.29, 1.82) is 0 Å². The number of hydrogen-bond acceptors (Lipinski definition) is 5. The van der Waals surface area contributed by atoms with E-state index >= 15 is 0 Å². The third-order valence-electron chi connectivity index (χ3n) is 2.77. The Bertz CT molecular complexity index is 640. The van der Waals surface area contributed by atoms with Crippen molar-refractivity contribution < 1.29 is 13.2 Å². The second-order valence-electron chi connectivity index (χ2n) is 4.52. The maximum atomic E-state index is 12.9. The number of nitrogens with zero attached hydrogens (tertiary/aromatic N) is 3. The topological polar surface area (TPSA) is 67.1 Å². The number of alkyl halides is 3. The number of nitrogens with one attached hydrogen (secondary N) is 1. The van der Waals surface area contributed by atoms with E-state index in [1.165, 1.54) is 24.5 Å². The quantitative estimate of drug-likeness (QED) is 0.912. The molecule has 0 saturated heterocycles. The number of nitrogens with two attached hydrogens (primary N) is 1. The first-order valence-electron chi connectivity index (χ1n) is 6.01. The molecule has 0 unspecified atom stereocenters. The Kier molecular flexibility index (Phi) is 3.88. The van der Waals surface area contributed by atoms with E-state index in [1.807, 2.05) is 0 Å². The Hall–Kier alpha value is -2.51. The number of para-hydroxylation sites is 1. The Labute approximate surface area is 119 Å². The van der Waals surface area contributed by atoms with Crippen molar-refractivity contribution in [3.8, 4) is 0 Å². The third-order valence-corrected chi connectivity index (χ3v) is 2.77. The van der Waals surface area contributed by atoms with Crippen molar-refractivity contribution in [1.82, 2.24) is 9.97 Å². The minimum atomic E-state index is -4.46. The van der Waals surface area contributed by atoms with Gasteiger partial charge in [-0.1, -0.05) is 12.1 Å². The molecule has 0 spiro atoms. The number of hydrogen-bond donors (Lipinski definition) is 2. The van der Waals surface area contributed by atoms with Gasteiger partial charge < -0.3 is 16.0 Å². The molecule has 0 aliphatic rings. The van der Waals surface area contributed by atoms with Crippen LogP contribution in [-0.4, -0.2) is 24.1 Å². The molecule has 1 aromatic heterocycles. The molecule has 1 heterocycles. The lowest BCUT2D eigenvalue weighted by atomic mass is 10.1. The average molecular weight is 297 g/mol. The predicted molar refractivity (Wildman–Crippen MR) is 75.5 cm³/mol. The van der Waals surface area contributed by atoms with Crippen molar-refractivity contribution in [3.05, 3.63) is 36.2 Å².